The molecule has 0 bridgehead atoms. The number of hydrogen-bond acceptors (Lipinski definition) is 3. The van der Waals surface area contributed by atoms with Crippen molar-refractivity contribution in [2.75, 3.05) is 5.32 Å². The van der Waals surface area contributed by atoms with Crippen LogP contribution in [0.2, 0.25) is 0 Å². The van der Waals surface area contributed by atoms with Gasteiger partial charge in [0, 0.05) is 23.9 Å². The summed E-state index contributed by atoms with van der Waals surface area (Å²) in [6, 6.07) is 10.3. The lowest BCUT2D eigenvalue weighted by molar-refractivity contribution is 0.102. The number of carbonyl (C=O) groups is 1. The van der Waals surface area contributed by atoms with Crippen LogP contribution in [0.15, 0.2) is 51.7 Å². The number of oxazole rings is 1. The van der Waals surface area contributed by atoms with E-state index in [0.29, 0.717) is 23.3 Å². The van der Waals surface area contributed by atoms with Crippen LogP contribution in [-0.4, -0.2) is 10.5 Å². The number of anilines is 1. The predicted molar refractivity (Wildman–Crippen MR) is 80.5 cm³/mol. The van der Waals surface area contributed by atoms with Gasteiger partial charge in [0.25, 0.3) is 5.91 Å². The lowest BCUT2D eigenvalue weighted by Crippen LogP contribution is -2.12. The van der Waals surface area contributed by atoms with Crippen LogP contribution < -0.4 is 11.1 Å². The molecule has 0 saturated heterocycles. The molecule has 1 heterocycles. The third-order valence-electron chi connectivity index (χ3n) is 3.33. The fourth-order valence-electron chi connectivity index (χ4n) is 2.28. The van der Waals surface area contributed by atoms with E-state index in [1.54, 1.807) is 18.2 Å². The molecule has 0 atom stereocenters. The van der Waals surface area contributed by atoms with Gasteiger partial charge in [0.05, 0.1) is 5.52 Å². The van der Waals surface area contributed by atoms with Crippen LogP contribution in [-0.2, 0) is 6.54 Å². The zero-order valence-electron chi connectivity index (χ0n) is 11.8. The van der Waals surface area contributed by atoms with E-state index >= 15 is 0 Å². The zero-order valence-corrected chi connectivity index (χ0v) is 11.8. The molecule has 112 valence electrons. The SMILES string of the molecule is CCn1c(=O)oc2cc(NC(=O)c3cccc(F)c3)ccc21. The van der Waals surface area contributed by atoms with Gasteiger partial charge in [-0.2, -0.15) is 0 Å². The number of fused-ring (bicyclic) bond motifs is 1. The number of carbonyl (C=O) groups excluding carboxylic acids is 1. The van der Waals surface area contributed by atoms with E-state index in [1.807, 2.05) is 6.92 Å². The highest BCUT2D eigenvalue weighted by molar-refractivity contribution is 6.04. The maximum atomic E-state index is 13.1. The van der Waals surface area contributed by atoms with Crippen molar-refractivity contribution in [2.24, 2.45) is 0 Å². The number of hydrogen-bond donors (Lipinski definition) is 1. The van der Waals surface area contributed by atoms with Crippen molar-refractivity contribution in [1.29, 1.82) is 0 Å². The normalized spacial score (nSPS) is 10.8. The van der Waals surface area contributed by atoms with Crippen molar-refractivity contribution in [3.63, 3.8) is 0 Å². The summed E-state index contributed by atoms with van der Waals surface area (Å²) in [6.45, 7) is 2.34. The van der Waals surface area contributed by atoms with Crippen LogP contribution in [0.4, 0.5) is 10.1 Å². The Labute approximate surface area is 125 Å². The van der Waals surface area contributed by atoms with E-state index < -0.39 is 17.5 Å². The average Bonchev–Trinajstić information content (AvgIpc) is 2.81. The van der Waals surface area contributed by atoms with E-state index in [-0.39, 0.29) is 5.56 Å². The van der Waals surface area contributed by atoms with Gasteiger partial charge < -0.3 is 9.73 Å². The molecule has 0 aliphatic rings. The number of nitrogens with zero attached hydrogens (tertiary/aromatic N) is 1. The molecule has 0 fully saturated rings. The fourth-order valence-corrected chi connectivity index (χ4v) is 2.28. The Hall–Kier alpha value is -2.89. The van der Waals surface area contributed by atoms with Crippen LogP contribution in [0.5, 0.6) is 0 Å². The average molecular weight is 300 g/mol. The molecule has 0 aliphatic heterocycles. The Bertz CT molecular complexity index is 911. The third-order valence-corrected chi connectivity index (χ3v) is 3.33. The summed E-state index contributed by atoms with van der Waals surface area (Å²) in [6.07, 6.45) is 0. The molecule has 1 N–H and O–H groups in total. The second kappa shape index (κ2) is 5.48. The Morgan fingerprint density at radius 3 is 2.82 bits per heavy atom. The number of amides is 1. The molecule has 0 unspecified atom stereocenters. The van der Waals surface area contributed by atoms with Crippen molar-refractivity contribution < 1.29 is 13.6 Å². The second-order valence-electron chi connectivity index (χ2n) is 4.76. The number of nitrogens with one attached hydrogen (secondary N) is 1. The minimum Gasteiger partial charge on any atom is -0.408 e. The van der Waals surface area contributed by atoms with Gasteiger partial charge in [0.2, 0.25) is 0 Å². The van der Waals surface area contributed by atoms with Gasteiger partial charge in [0.1, 0.15) is 5.82 Å². The van der Waals surface area contributed by atoms with Crippen LogP contribution >= 0.6 is 0 Å². The first-order valence-corrected chi connectivity index (χ1v) is 6.79. The molecule has 2 aromatic carbocycles. The molecule has 6 heteroatoms. The lowest BCUT2D eigenvalue weighted by atomic mass is 10.2. The molecular formula is C16H13FN2O3. The molecule has 0 radical (unpaired) electrons. The standard InChI is InChI=1S/C16H13FN2O3/c1-2-19-13-7-6-12(9-14(13)22-16(19)21)18-15(20)10-4-3-5-11(17)8-10/h3-9H,2H2,1H3,(H,18,20). The van der Waals surface area contributed by atoms with Crippen molar-refractivity contribution >= 4 is 22.7 Å². The van der Waals surface area contributed by atoms with Gasteiger partial charge in [-0.15, -0.1) is 0 Å². The first kappa shape index (κ1) is 14.1. The molecule has 3 aromatic rings. The molecule has 0 aliphatic carbocycles. The fraction of sp³-hybridized carbons (Fsp3) is 0.125. The highest BCUT2D eigenvalue weighted by Gasteiger charge is 2.11. The summed E-state index contributed by atoms with van der Waals surface area (Å²) in [5.41, 5.74) is 1.74. The number of rotatable bonds is 3. The monoisotopic (exact) mass is 300 g/mol. The molecule has 1 aromatic heterocycles. The van der Waals surface area contributed by atoms with Gasteiger partial charge >= 0.3 is 5.76 Å². The minimum atomic E-state index is -0.478. The van der Waals surface area contributed by atoms with Gasteiger partial charge in [0.15, 0.2) is 5.58 Å². The summed E-state index contributed by atoms with van der Waals surface area (Å²) in [5.74, 6) is -1.35. The van der Waals surface area contributed by atoms with E-state index in [2.05, 4.69) is 5.32 Å². The molecular weight excluding hydrogens is 287 g/mol. The van der Waals surface area contributed by atoms with Gasteiger partial charge in [-0.05, 0) is 37.3 Å². The van der Waals surface area contributed by atoms with Crippen molar-refractivity contribution in [1.82, 2.24) is 4.57 Å². The van der Waals surface area contributed by atoms with Gasteiger partial charge in [-0.3, -0.25) is 9.36 Å². The Balaban J connectivity index is 1.91. The smallest absolute Gasteiger partial charge is 0.408 e. The van der Waals surface area contributed by atoms with Gasteiger partial charge in [-0.1, -0.05) is 6.07 Å². The Morgan fingerprint density at radius 2 is 2.09 bits per heavy atom. The molecule has 0 saturated carbocycles. The molecule has 3 rings (SSSR count). The Morgan fingerprint density at radius 1 is 1.27 bits per heavy atom. The van der Waals surface area contributed by atoms with Crippen molar-refractivity contribution in [3.8, 4) is 0 Å². The maximum Gasteiger partial charge on any atom is 0.419 e. The van der Waals surface area contributed by atoms with Crippen molar-refractivity contribution in [2.45, 2.75) is 13.5 Å². The number of halogens is 1. The number of aryl methyl sites for hydroxylation is 1. The highest BCUT2D eigenvalue weighted by atomic mass is 19.1. The summed E-state index contributed by atoms with van der Waals surface area (Å²) in [4.78, 5) is 23.7. The summed E-state index contributed by atoms with van der Waals surface area (Å²) in [5, 5.41) is 2.65. The van der Waals surface area contributed by atoms with Crippen LogP contribution in [0.25, 0.3) is 11.1 Å². The Kier molecular flexibility index (Phi) is 3.50. The second-order valence-corrected chi connectivity index (χ2v) is 4.76. The highest BCUT2D eigenvalue weighted by Crippen LogP contribution is 2.19. The zero-order chi connectivity index (χ0) is 15.7. The molecule has 1 amide bonds. The molecule has 5 nitrogen and oxygen atoms in total. The first-order valence-electron chi connectivity index (χ1n) is 6.79. The largest absolute Gasteiger partial charge is 0.419 e. The van der Waals surface area contributed by atoms with Gasteiger partial charge in [-0.25, -0.2) is 9.18 Å². The quantitative estimate of drug-likeness (QED) is 0.808. The summed E-state index contributed by atoms with van der Waals surface area (Å²) < 4.78 is 19.8. The van der Waals surface area contributed by atoms with Crippen LogP contribution in [0.3, 0.4) is 0 Å². The van der Waals surface area contributed by atoms with Crippen molar-refractivity contribution in [3.05, 3.63) is 64.4 Å². The maximum absolute atomic E-state index is 13.1. The predicted octanol–water partition coefficient (Wildman–Crippen LogP) is 3.01. The van der Waals surface area contributed by atoms with E-state index in [1.165, 1.54) is 22.8 Å². The topological polar surface area (TPSA) is 64.2 Å². The van der Waals surface area contributed by atoms with E-state index in [9.17, 15) is 14.0 Å². The van der Waals surface area contributed by atoms with Crippen LogP contribution in [0, 0.1) is 5.82 Å². The first-order chi connectivity index (χ1) is 10.6. The summed E-state index contributed by atoms with van der Waals surface area (Å²) in [7, 11) is 0. The lowest BCUT2D eigenvalue weighted by Gasteiger charge is -2.05. The summed E-state index contributed by atoms with van der Waals surface area (Å²) >= 11 is 0. The van der Waals surface area contributed by atoms with Crippen LogP contribution in [0.1, 0.15) is 17.3 Å². The number of aromatic nitrogens is 1. The minimum absolute atomic E-state index is 0.215. The van der Waals surface area contributed by atoms with E-state index in [0.717, 1.165) is 6.07 Å². The molecule has 22 heavy (non-hydrogen) atoms. The van der Waals surface area contributed by atoms with E-state index in [4.69, 9.17) is 4.42 Å². The number of benzene rings is 2. The molecule has 0 spiro atoms. The third kappa shape index (κ3) is 2.50.